The lowest BCUT2D eigenvalue weighted by molar-refractivity contribution is -0.424. The van der Waals surface area contributed by atoms with E-state index < -0.39 is 111 Å². The minimum Gasteiger partial charge on any atom is -0.387 e. The summed E-state index contributed by atoms with van der Waals surface area (Å²) >= 11 is 0. The summed E-state index contributed by atoms with van der Waals surface area (Å²) in [6.07, 6.45) is -0.0852. The van der Waals surface area contributed by atoms with Gasteiger partial charge in [0, 0.05) is 23.8 Å². The van der Waals surface area contributed by atoms with Gasteiger partial charge >= 0.3 is 0 Å². The molecule has 0 saturated carbocycles. The molecule has 0 aliphatic carbocycles. The monoisotopic (exact) mass is 896 g/mol. The van der Waals surface area contributed by atoms with E-state index >= 15 is 0 Å². The fraction of sp³-hybridized carbons (Fsp3) is 0.510. The molecule has 6 aliphatic rings. The molecule has 0 amide bonds. The first-order valence-electron chi connectivity index (χ1n) is 21.6. The number of rotatable bonds is 14. The van der Waals surface area contributed by atoms with Gasteiger partial charge in [0.05, 0.1) is 19.8 Å². The highest BCUT2D eigenvalue weighted by molar-refractivity contribution is 5.19. The van der Waals surface area contributed by atoms with Crippen LogP contribution in [0.1, 0.15) is 35.6 Å². The second kappa shape index (κ2) is 21.6. The molecule has 16 nitrogen and oxygen atoms in total. The highest BCUT2D eigenvalue weighted by atomic mass is 16.8. The van der Waals surface area contributed by atoms with Crippen molar-refractivity contribution in [2.75, 3.05) is 46.8 Å². The van der Waals surface area contributed by atoms with Gasteiger partial charge in [-0.1, -0.05) is 109 Å². The molecule has 6 heterocycles. The van der Waals surface area contributed by atoms with Crippen molar-refractivity contribution < 1.29 is 76.2 Å². The normalized spacial score (nSPS) is 39.0. The van der Waals surface area contributed by atoms with E-state index in [4.69, 9.17) is 90.3 Å². The molecule has 0 aromatic heterocycles. The summed E-state index contributed by atoms with van der Waals surface area (Å²) in [6, 6.07) is 28.3. The van der Waals surface area contributed by atoms with Crippen LogP contribution in [-0.2, 0) is 71.1 Å². The van der Waals surface area contributed by atoms with Crippen molar-refractivity contribution in [1.29, 1.82) is 0 Å². The Labute approximate surface area is 377 Å². The minimum atomic E-state index is -1.29. The SMILES string of the molecule is C#CCO[C@@H]1[C@H](O[C@@H]2[C@H](OCC#C)[C@H](O[C@@H]3[C@H](OCC#C)[C@H](OC)O[C@@H]4CO[C@@H](c5ccccc5)O[C@@H]34)O[C@@H]3CO[C@@H](c4ccccc4)O[C@@H]23)O[C@@H]2CO[C@@H](c3ccccc3)O[C@H]2[C@@H]1O. The van der Waals surface area contributed by atoms with Gasteiger partial charge in [-0.25, -0.2) is 0 Å². The third kappa shape index (κ3) is 10.0. The molecule has 6 aliphatic heterocycles. The van der Waals surface area contributed by atoms with Crippen molar-refractivity contribution in [2.24, 2.45) is 0 Å². The summed E-state index contributed by atoms with van der Waals surface area (Å²) in [4.78, 5) is 0. The lowest BCUT2D eigenvalue weighted by atomic mass is 9.94. The Morgan fingerprint density at radius 3 is 1.25 bits per heavy atom. The van der Waals surface area contributed by atoms with Gasteiger partial charge in [0.15, 0.2) is 37.7 Å². The smallest absolute Gasteiger partial charge is 0.187 e. The maximum absolute atomic E-state index is 12.0. The molecule has 16 heteroatoms. The Bertz CT molecular complexity index is 2090. The Hall–Kier alpha value is -4.30. The average molecular weight is 897 g/mol. The lowest BCUT2D eigenvalue weighted by Crippen LogP contribution is -2.69. The second-order valence-corrected chi connectivity index (χ2v) is 16.0. The van der Waals surface area contributed by atoms with E-state index in [9.17, 15) is 5.11 Å². The summed E-state index contributed by atoms with van der Waals surface area (Å²) < 4.78 is 96.6. The molecule has 0 unspecified atom stereocenters. The van der Waals surface area contributed by atoms with Gasteiger partial charge in [-0.3, -0.25) is 0 Å². The highest BCUT2D eigenvalue weighted by Gasteiger charge is 2.59. The van der Waals surface area contributed by atoms with E-state index in [2.05, 4.69) is 17.8 Å². The van der Waals surface area contributed by atoms with Crippen molar-refractivity contribution >= 4 is 0 Å². The van der Waals surface area contributed by atoms with Crippen LogP contribution in [0.3, 0.4) is 0 Å². The molecule has 3 aromatic carbocycles. The first kappa shape index (κ1) is 45.8. The number of terminal acetylenes is 3. The molecule has 6 saturated heterocycles. The summed E-state index contributed by atoms with van der Waals surface area (Å²) in [7, 11) is 1.49. The van der Waals surface area contributed by atoms with Gasteiger partial charge in [0.25, 0.3) is 0 Å². The van der Waals surface area contributed by atoms with E-state index in [1.54, 1.807) is 0 Å². The van der Waals surface area contributed by atoms with Crippen LogP contribution in [0.5, 0.6) is 0 Å². The second-order valence-electron chi connectivity index (χ2n) is 16.0. The number of ether oxygens (including phenoxy) is 15. The van der Waals surface area contributed by atoms with Crippen LogP contribution in [0.25, 0.3) is 0 Å². The Morgan fingerprint density at radius 1 is 0.477 bits per heavy atom. The lowest BCUT2D eigenvalue weighted by Gasteiger charge is -2.53. The van der Waals surface area contributed by atoms with Crippen molar-refractivity contribution in [2.45, 2.75) is 111 Å². The van der Waals surface area contributed by atoms with Crippen molar-refractivity contribution in [3.63, 3.8) is 0 Å². The maximum Gasteiger partial charge on any atom is 0.187 e. The van der Waals surface area contributed by atoms with Crippen LogP contribution in [0, 0.1) is 37.0 Å². The number of fused-ring (bicyclic) bond motifs is 3. The average Bonchev–Trinajstić information content (AvgIpc) is 3.36. The van der Waals surface area contributed by atoms with Crippen LogP contribution >= 0.6 is 0 Å². The van der Waals surface area contributed by atoms with E-state index in [0.717, 1.165) is 16.7 Å². The van der Waals surface area contributed by atoms with Gasteiger partial charge in [0.2, 0.25) is 0 Å². The maximum atomic E-state index is 12.0. The minimum absolute atomic E-state index is 0.0439. The highest BCUT2D eigenvalue weighted by Crippen LogP contribution is 2.43. The van der Waals surface area contributed by atoms with Crippen LogP contribution in [0.15, 0.2) is 91.0 Å². The van der Waals surface area contributed by atoms with Gasteiger partial charge in [-0.15, -0.1) is 19.3 Å². The summed E-state index contributed by atoms with van der Waals surface area (Å²) in [5, 5.41) is 12.0. The zero-order valence-corrected chi connectivity index (χ0v) is 35.6. The third-order valence-corrected chi connectivity index (χ3v) is 12.0. The molecule has 18 atom stereocenters. The standard InChI is InChI=1S/C49H52O16/c1-5-23-52-39-35(50)36-32(26-55-44(61-36)29-17-11-8-12-18-29)59-48(39)64-41-38-34(28-57-46(63-38)31-21-15-10-16-22-31)60-49(43(41)54-25-7-3)65-40-37-33(58-47(51-4)42(40)53-24-6-2)27-56-45(62-37)30-19-13-9-14-20-30/h1-3,8-22,32-50H,23-28H2,4H3/t32-,33-,34-,35+,36-,37-,38-,39+,40+,41+,42+,43+,44-,45-,46-,47-,48+,49+/m1/s1. The zero-order chi connectivity index (χ0) is 44.7. The van der Waals surface area contributed by atoms with Gasteiger partial charge in [-0.05, 0) is 0 Å². The van der Waals surface area contributed by atoms with E-state index in [1.165, 1.54) is 7.11 Å². The van der Waals surface area contributed by atoms with Crippen LogP contribution in [0.4, 0.5) is 0 Å². The molecule has 344 valence electrons. The van der Waals surface area contributed by atoms with Crippen molar-refractivity contribution in [3.05, 3.63) is 108 Å². The molecular weight excluding hydrogens is 845 g/mol. The van der Waals surface area contributed by atoms with E-state index in [0.29, 0.717) is 0 Å². The molecule has 9 rings (SSSR count). The Morgan fingerprint density at radius 2 is 0.831 bits per heavy atom. The summed E-state index contributed by atoms with van der Waals surface area (Å²) in [5.74, 6) is 7.57. The molecule has 1 N–H and O–H groups in total. The van der Waals surface area contributed by atoms with E-state index in [1.807, 2.05) is 91.0 Å². The molecule has 6 fully saturated rings. The topological polar surface area (TPSA) is 159 Å². The first-order chi connectivity index (χ1) is 32.0. The van der Waals surface area contributed by atoms with Crippen LogP contribution < -0.4 is 0 Å². The quantitative estimate of drug-likeness (QED) is 0.235. The summed E-state index contributed by atoms with van der Waals surface area (Å²) in [6.45, 7) is -0.236. The predicted octanol–water partition coefficient (Wildman–Crippen LogP) is 3.34. The van der Waals surface area contributed by atoms with E-state index in [-0.39, 0.29) is 39.6 Å². The largest absolute Gasteiger partial charge is 0.387 e. The molecule has 0 bridgehead atoms. The Balaban J connectivity index is 1.05. The van der Waals surface area contributed by atoms with Crippen molar-refractivity contribution in [3.8, 4) is 37.0 Å². The van der Waals surface area contributed by atoms with Crippen LogP contribution in [0.2, 0.25) is 0 Å². The zero-order valence-electron chi connectivity index (χ0n) is 35.6. The van der Waals surface area contributed by atoms with Gasteiger partial charge in [-0.2, -0.15) is 0 Å². The molecule has 0 spiro atoms. The fourth-order valence-electron chi connectivity index (χ4n) is 8.99. The van der Waals surface area contributed by atoms with Crippen molar-refractivity contribution in [1.82, 2.24) is 0 Å². The number of methoxy groups -OCH3 is 1. The molecule has 3 aromatic rings. The first-order valence-corrected chi connectivity index (χ1v) is 21.6. The van der Waals surface area contributed by atoms with Gasteiger partial charge in [0.1, 0.15) is 93.1 Å². The number of aliphatic hydroxyl groups excluding tert-OH is 1. The number of aliphatic hydroxyl groups is 1. The number of hydrogen-bond acceptors (Lipinski definition) is 16. The fourth-order valence-corrected chi connectivity index (χ4v) is 8.99. The third-order valence-electron chi connectivity index (χ3n) is 12.0. The molecule has 0 radical (unpaired) electrons. The number of hydrogen-bond donors (Lipinski definition) is 1. The van der Waals surface area contributed by atoms with Crippen LogP contribution in [-0.4, -0.2) is 144 Å². The molecular formula is C49H52O16. The summed E-state index contributed by atoms with van der Waals surface area (Å²) in [5.41, 5.74) is 2.32. The van der Waals surface area contributed by atoms with Gasteiger partial charge < -0.3 is 76.2 Å². The molecule has 65 heavy (non-hydrogen) atoms. The predicted molar refractivity (Wildman–Crippen MR) is 224 cm³/mol. The number of benzene rings is 3. The Kier molecular flexibility index (Phi) is 15.2.